The minimum absolute atomic E-state index is 0.0300. The Kier molecular flexibility index (Phi) is 3.48. The zero-order valence-electron chi connectivity index (χ0n) is 11.8. The number of hydrogen-bond acceptors (Lipinski definition) is 6. The highest BCUT2D eigenvalue weighted by Gasteiger charge is 2.20. The van der Waals surface area contributed by atoms with Crippen LogP contribution < -0.4 is 9.47 Å². The molecule has 0 unspecified atom stereocenters. The van der Waals surface area contributed by atoms with Crippen LogP contribution in [0.15, 0.2) is 42.0 Å². The maximum absolute atomic E-state index is 5.94. The van der Waals surface area contributed by atoms with Crippen molar-refractivity contribution in [3.8, 4) is 22.2 Å². The Morgan fingerprint density at radius 3 is 3.05 bits per heavy atom. The molecule has 0 saturated heterocycles. The third-order valence-corrected chi connectivity index (χ3v) is 4.23. The summed E-state index contributed by atoms with van der Waals surface area (Å²) in [5, 5.41) is 11.1. The fourth-order valence-corrected chi connectivity index (χ4v) is 2.92. The van der Waals surface area contributed by atoms with Crippen molar-refractivity contribution in [2.24, 2.45) is 0 Å². The highest BCUT2D eigenvalue weighted by Crippen LogP contribution is 2.31. The van der Waals surface area contributed by atoms with Gasteiger partial charge in [-0.3, -0.25) is 4.68 Å². The Labute approximate surface area is 131 Å². The van der Waals surface area contributed by atoms with Gasteiger partial charge in [-0.15, -0.1) is 16.4 Å². The molecular weight excluding hydrogens is 300 g/mol. The second-order valence-corrected chi connectivity index (χ2v) is 5.88. The average molecular weight is 314 g/mol. The number of benzene rings is 1. The van der Waals surface area contributed by atoms with Gasteiger partial charge in [0, 0.05) is 24.5 Å². The molecular formula is C15H14N4O2S. The Hall–Kier alpha value is -2.41. The summed E-state index contributed by atoms with van der Waals surface area (Å²) in [6, 6.07) is 7.74. The van der Waals surface area contributed by atoms with Crippen molar-refractivity contribution in [3.05, 3.63) is 42.0 Å². The molecule has 0 N–H and O–H groups in total. The SMILES string of the molecule is c1ccc2c(c1)OC[C@H](CCn1cc(-c3nccs3)nn1)O2. The fourth-order valence-electron chi connectivity index (χ4n) is 2.34. The minimum atomic E-state index is 0.0300. The van der Waals surface area contributed by atoms with Gasteiger partial charge in [0.25, 0.3) is 0 Å². The van der Waals surface area contributed by atoms with Gasteiger partial charge in [-0.05, 0) is 12.1 Å². The van der Waals surface area contributed by atoms with Gasteiger partial charge in [-0.25, -0.2) is 4.98 Å². The molecule has 1 aliphatic heterocycles. The van der Waals surface area contributed by atoms with Gasteiger partial charge in [0.1, 0.15) is 23.4 Å². The number of aryl methyl sites for hydroxylation is 1. The van der Waals surface area contributed by atoms with Gasteiger partial charge < -0.3 is 9.47 Å². The zero-order valence-corrected chi connectivity index (χ0v) is 12.6. The van der Waals surface area contributed by atoms with Crippen molar-refractivity contribution in [2.45, 2.75) is 19.1 Å². The zero-order chi connectivity index (χ0) is 14.8. The van der Waals surface area contributed by atoms with Crippen LogP contribution in [-0.2, 0) is 6.54 Å². The summed E-state index contributed by atoms with van der Waals surface area (Å²) in [5.74, 6) is 1.62. The molecule has 112 valence electrons. The first-order valence-electron chi connectivity index (χ1n) is 7.07. The second-order valence-electron chi connectivity index (χ2n) is 4.99. The number of rotatable bonds is 4. The largest absolute Gasteiger partial charge is 0.486 e. The third-order valence-electron chi connectivity index (χ3n) is 3.44. The van der Waals surface area contributed by atoms with Gasteiger partial charge in [0.15, 0.2) is 11.5 Å². The predicted molar refractivity (Wildman–Crippen MR) is 82.1 cm³/mol. The summed E-state index contributed by atoms with van der Waals surface area (Å²) in [7, 11) is 0. The lowest BCUT2D eigenvalue weighted by Gasteiger charge is -2.26. The highest BCUT2D eigenvalue weighted by atomic mass is 32.1. The summed E-state index contributed by atoms with van der Waals surface area (Å²) in [4.78, 5) is 4.23. The molecule has 1 atom stereocenters. The summed E-state index contributed by atoms with van der Waals surface area (Å²) >= 11 is 1.56. The third kappa shape index (κ3) is 2.67. The summed E-state index contributed by atoms with van der Waals surface area (Å²) in [6.45, 7) is 1.29. The van der Waals surface area contributed by atoms with Gasteiger partial charge in [0.05, 0.1) is 6.20 Å². The summed E-state index contributed by atoms with van der Waals surface area (Å²) < 4.78 is 13.5. The molecule has 0 saturated carbocycles. The van der Waals surface area contributed by atoms with Crippen LogP contribution in [0.25, 0.3) is 10.7 Å². The Balaban J connectivity index is 1.38. The van der Waals surface area contributed by atoms with Crippen molar-refractivity contribution >= 4 is 11.3 Å². The fraction of sp³-hybridized carbons (Fsp3) is 0.267. The first kappa shape index (κ1) is 13.3. The molecule has 0 radical (unpaired) electrons. The normalized spacial score (nSPS) is 16.6. The molecule has 0 bridgehead atoms. The van der Waals surface area contributed by atoms with E-state index in [0.29, 0.717) is 6.61 Å². The van der Waals surface area contributed by atoms with Crippen LogP contribution in [0.3, 0.4) is 0 Å². The standard InChI is InChI=1S/C15H14N4O2S/c1-2-4-14-13(3-1)20-10-11(21-14)5-7-19-9-12(17-18-19)15-16-6-8-22-15/h1-4,6,8-9,11H,5,7,10H2/t11-/m0/s1. The lowest BCUT2D eigenvalue weighted by molar-refractivity contribution is 0.0807. The monoisotopic (exact) mass is 314 g/mol. The topological polar surface area (TPSA) is 62.1 Å². The Morgan fingerprint density at radius 2 is 2.18 bits per heavy atom. The van der Waals surface area contributed by atoms with Crippen molar-refractivity contribution in [2.75, 3.05) is 6.61 Å². The number of hydrogen-bond donors (Lipinski definition) is 0. The quantitative estimate of drug-likeness (QED) is 0.741. The van der Waals surface area contributed by atoms with Crippen molar-refractivity contribution in [1.82, 2.24) is 20.0 Å². The molecule has 6 nitrogen and oxygen atoms in total. The van der Waals surface area contributed by atoms with E-state index >= 15 is 0 Å². The van der Waals surface area contributed by atoms with Crippen LogP contribution >= 0.6 is 11.3 Å². The molecule has 0 amide bonds. The number of nitrogens with zero attached hydrogens (tertiary/aromatic N) is 4. The number of fused-ring (bicyclic) bond motifs is 1. The van der Waals surface area contributed by atoms with Crippen molar-refractivity contribution in [3.63, 3.8) is 0 Å². The summed E-state index contributed by atoms with van der Waals surface area (Å²) in [6.07, 6.45) is 4.53. The number of para-hydroxylation sites is 2. The molecule has 2 aromatic heterocycles. The molecule has 7 heteroatoms. The van der Waals surface area contributed by atoms with Gasteiger partial charge in [0.2, 0.25) is 0 Å². The van der Waals surface area contributed by atoms with Crippen molar-refractivity contribution in [1.29, 1.82) is 0 Å². The Bertz CT molecular complexity index is 757. The van der Waals surface area contributed by atoms with E-state index in [1.54, 1.807) is 17.5 Å². The van der Waals surface area contributed by atoms with Crippen molar-refractivity contribution < 1.29 is 9.47 Å². The molecule has 3 heterocycles. The highest BCUT2D eigenvalue weighted by molar-refractivity contribution is 7.13. The van der Waals surface area contributed by atoms with E-state index in [9.17, 15) is 0 Å². The van der Waals surface area contributed by atoms with Crippen LogP contribution in [0.5, 0.6) is 11.5 Å². The molecule has 0 spiro atoms. The van der Waals surface area contributed by atoms with E-state index in [4.69, 9.17) is 9.47 Å². The predicted octanol–water partition coefficient (Wildman–Crippen LogP) is 2.63. The van der Waals surface area contributed by atoms with Crippen LogP contribution in [0.2, 0.25) is 0 Å². The molecule has 0 aliphatic carbocycles. The number of thiazole rings is 1. The maximum Gasteiger partial charge on any atom is 0.161 e. The molecule has 0 fully saturated rings. The molecule has 3 aromatic rings. The van der Waals surface area contributed by atoms with E-state index in [2.05, 4.69) is 15.3 Å². The second kappa shape index (κ2) is 5.76. The first-order valence-corrected chi connectivity index (χ1v) is 7.95. The van der Waals surface area contributed by atoms with Crippen LogP contribution in [0.4, 0.5) is 0 Å². The number of aromatic nitrogens is 4. The van der Waals surface area contributed by atoms with Gasteiger partial charge in [-0.1, -0.05) is 17.3 Å². The van der Waals surface area contributed by atoms with E-state index in [1.165, 1.54) is 0 Å². The van der Waals surface area contributed by atoms with E-state index in [-0.39, 0.29) is 6.10 Å². The molecule has 1 aliphatic rings. The van der Waals surface area contributed by atoms with Crippen LogP contribution in [-0.4, -0.2) is 32.7 Å². The molecule has 1 aromatic carbocycles. The minimum Gasteiger partial charge on any atom is -0.486 e. The van der Waals surface area contributed by atoms with E-state index in [0.717, 1.165) is 35.2 Å². The maximum atomic E-state index is 5.94. The first-order chi connectivity index (χ1) is 10.9. The smallest absolute Gasteiger partial charge is 0.161 e. The van der Waals surface area contributed by atoms with E-state index in [1.807, 2.05) is 40.5 Å². The lowest BCUT2D eigenvalue weighted by atomic mass is 10.2. The van der Waals surface area contributed by atoms with Crippen LogP contribution in [0, 0.1) is 0 Å². The lowest BCUT2D eigenvalue weighted by Crippen LogP contribution is -2.30. The summed E-state index contributed by atoms with van der Waals surface area (Å²) in [5.41, 5.74) is 0.807. The molecule has 4 rings (SSSR count). The molecule has 22 heavy (non-hydrogen) atoms. The Morgan fingerprint density at radius 1 is 1.27 bits per heavy atom. The number of ether oxygens (including phenoxy) is 2. The van der Waals surface area contributed by atoms with E-state index < -0.39 is 0 Å². The average Bonchev–Trinajstić information content (AvgIpc) is 3.24. The van der Waals surface area contributed by atoms with Gasteiger partial charge >= 0.3 is 0 Å². The van der Waals surface area contributed by atoms with Gasteiger partial charge in [-0.2, -0.15) is 0 Å². The van der Waals surface area contributed by atoms with Crippen LogP contribution in [0.1, 0.15) is 6.42 Å².